The molecule has 2 rings (SSSR count). The van der Waals surface area contributed by atoms with Crippen molar-refractivity contribution in [1.82, 2.24) is 10.2 Å². The van der Waals surface area contributed by atoms with E-state index in [0.717, 1.165) is 0 Å². The largest absolute Gasteiger partial charge is 0.456 e. The van der Waals surface area contributed by atoms with Gasteiger partial charge in [-0.15, -0.1) is 0 Å². The van der Waals surface area contributed by atoms with Crippen LogP contribution in [0.2, 0.25) is 0 Å². The van der Waals surface area contributed by atoms with Gasteiger partial charge in [0.25, 0.3) is 11.6 Å². The minimum Gasteiger partial charge on any atom is -0.456 e. The fourth-order valence-electron chi connectivity index (χ4n) is 2.73. The SMILES string of the molecule is CC(C)=C(C(=O)OCc1ccc([N+](=O)[O-])cc1)N1C(=O)C(NC(=O)OC(C)(C)C)C1F. The number of nitro groups is 1. The van der Waals surface area contributed by atoms with Gasteiger partial charge < -0.3 is 14.8 Å². The molecule has 0 aliphatic carbocycles. The number of esters is 1. The molecule has 10 nitrogen and oxygen atoms in total. The first kappa shape index (κ1) is 23.8. The molecule has 1 aliphatic heterocycles. The number of hydrogen-bond donors (Lipinski definition) is 1. The molecular formula is C20H24FN3O7. The number of rotatable bonds is 6. The molecule has 2 atom stereocenters. The average molecular weight is 437 g/mol. The summed E-state index contributed by atoms with van der Waals surface area (Å²) < 4.78 is 24.8. The highest BCUT2D eigenvalue weighted by molar-refractivity contribution is 6.01. The predicted octanol–water partition coefficient (Wildman–Crippen LogP) is 2.96. The summed E-state index contributed by atoms with van der Waals surface area (Å²) in [6, 6.07) is 3.87. The number of ether oxygens (including phenoxy) is 2. The lowest BCUT2D eigenvalue weighted by Crippen LogP contribution is -2.69. The van der Waals surface area contributed by atoms with Gasteiger partial charge in [0, 0.05) is 12.1 Å². The molecule has 0 bridgehead atoms. The Balaban J connectivity index is 2.03. The maximum atomic E-state index is 14.7. The Labute approximate surface area is 178 Å². The van der Waals surface area contributed by atoms with Crippen molar-refractivity contribution in [3.05, 3.63) is 51.2 Å². The minimum absolute atomic E-state index is 0.116. The summed E-state index contributed by atoms with van der Waals surface area (Å²) in [4.78, 5) is 47.5. The topological polar surface area (TPSA) is 128 Å². The standard InChI is InChI=1S/C20H24FN3O7/c1-11(2)15(18(26)30-10-12-6-8-13(9-7-12)24(28)29)23-16(21)14(17(23)25)22-19(27)31-20(3,4)5/h6-9,14,16H,10H2,1-5H3,(H,22,27). The lowest BCUT2D eigenvalue weighted by atomic mass is 10.0. The Morgan fingerprint density at radius 2 is 1.81 bits per heavy atom. The van der Waals surface area contributed by atoms with Crippen LogP contribution in [0.3, 0.4) is 0 Å². The second kappa shape index (κ2) is 9.11. The summed E-state index contributed by atoms with van der Waals surface area (Å²) in [6.45, 7) is 7.66. The van der Waals surface area contributed by atoms with E-state index in [1.54, 1.807) is 20.8 Å². The summed E-state index contributed by atoms with van der Waals surface area (Å²) in [7, 11) is 0. The van der Waals surface area contributed by atoms with Crippen LogP contribution in [0, 0.1) is 10.1 Å². The Hall–Kier alpha value is -3.50. The zero-order valence-corrected chi connectivity index (χ0v) is 17.8. The van der Waals surface area contributed by atoms with E-state index in [0.29, 0.717) is 16.0 Å². The molecule has 1 aliphatic rings. The third-order valence-electron chi connectivity index (χ3n) is 4.12. The van der Waals surface area contributed by atoms with E-state index < -0.39 is 40.8 Å². The van der Waals surface area contributed by atoms with Gasteiger partial charge in [-0.2, -0.15) is 0 Å². The molecule has 1 heterocycles. The number of benzene rings is 1. The van der Waals surface area contributed by atoms with Crippen molar-refractivity contribution in [2.24, 2.45) is 0 Å². The third-order valence-corrected chi connectivity index (χ3v) is 4.12. The molecule has 1 aromatic carbocycles. The second-order valence-corrected chi connectivity index (χ2v) is 8.05. The van der Waals surface area contributed by atoms with Crippen molar-refractivity contribution in [3.8, 4) is 0 Å². The molecule has 2 unspecified atom stereocenters. The van der Waals surface area contributed by atoms with Gasteiger partial charge in [-0.05, 0) is 57.9 Å². The van der Waals surface area contributed by atoms with Crippen molar-refractivity contribution in [2.45, 2.75) is 59.2 Å². The van der Waals surface area contributed by atoms with Gasteiger partial charge in [-0.1, -0.05) is 0 Å². The average Bonchev–Trinajstić information content (AvgIpc) is 2.66. The summed E-state index contributed by atoms with van der Waals surface area (Å²) in [5.41, 5.74) is -0.407. The zero-order chi connectivity index (χ0) is 23.5. The molecule has 1 N–H and O–H groups in total. The van der Waals surface area contributed by atoms with Crippen LogP contribution in [0.15, 0.2) is 35.5 Å². The summed E-state index contributed by atoms with van der Waals surface area (Å²) >= 11 is 0. The number of nitro benzene ring substituents is 1. The number of alkyl halides is 1. The monoisotopic (exact) mass is 437 g/mol. The molecule has 0 spiro atoms. The molecule has 0 saturated carbocycles. The highest BCUT2D eigenvalue weighted by Crippen LogP contribution is 2.29. The number of β-lactam (4-membered cyclic amide) rings is 1. The van der Waals surface area contributed by atoms with Crippen LogP contribution >= 0.6 is 0 Å². The number of carbonyl (C=O) groups is 3. The van der Waals surface area contributed by atoms with Crippen molar-refractivity contribution in [3.63, 3.8) is 0 Å². The van der Waals surface area contributed by atoms with Crippen LogP contribution in [0.25, 0.3) is 0 Å². The van der Waals surface area contributed by atoms with E-state index in [-0.39, 0.29) is 18.0 Å². The van der Waals surface area contributed by atoms with E-state index in [2.05, 4.69) is 5.32 Å². The molecule has 0 aromatic heterocycles. The number of hydrogen-bond acceptors (Lipinski definition) is 7. The van der Waals surface area contributed by atoms with E-state index in [9.17, 15) is 28.9 Å². The highest BCUT2D eigenvalue weighted by Gasteiger charge is 2.53. The van der Waals surface area contributed by atoms with Gasteiger partial charge in [-0.25, -0.2) is 14.0 Å². The maximum Gasteiger partial charge on any atom is 0.408 e. The van der Waals surface area contributed by atoms with Crippen LogP contribution < -0.4 is 5.32 Å². The van der Waals surface area contributed by atoms with Crippen LogP contribution in [0.5, 0.6) is 0 Å². The van der Waals surface area contributed by atoms with Crippen LogP contribution in [-0.4, -0.2) is 45.7 Å². The highest BCUT2D eigenvalue weighted by atomic mass is 19.1. The molecule has 1 fully saturated rings. The van der Waals surface area contributed by atoms with E-state index in [1.807, 2.05) is 0 Å². The molecule has 168 valence electrons. The number of nitrogens with one attached hydrogen (secondary N) is 1. The molecule has 1 saturated heterocycles. The lowest BCUT2D eigenvalue weighted by Gasteiger charge is -2.42. The van der Waals surface area contributed by atoms with Crippen LogP contribution in [0.1, 0.15) is 40.2 Å². The normalized spacial score (nSPS) is 18.0. The number of amides is 2. The Bertz CT molecular complexity index is 918. The van der Waals surface area contributed by atoms with Gasteiger partial charge in [0.1, 0.15) is 17.9 Å². The minimum atomic E-state index is -1.98. The van der Waals surface area contributed by atoms with Gasteiger partial charge in [0.05, 0.1) is 4.92 Å². The smallest absolute Gasteiger partial charge is 0.408 e. The summed E-state index contributed by atoms with van der Waals surface area (Å²) in [6.07, 6.45) is -2.93. The number of halogens is 1. The van der Waals surface area contributed by atoms with Gasteiger partial charge in [0.2, 0.25) is 6.30 Å². The predicted molar refractivity (Wildman–Crippen MR) is 106 cm³/mol. The molecular weight excluding hydrogens is 413 g/mol. The van der Waals surface area contributed by atoms with Crippen LogP contribution in [0.4, 0.5) is 14.9 Å². The van der Waals surface area contributed by atoms with E-state index in [1.165, 1.54) is 38.1 Å². The molecule has 2 amide bonds. The number of non-ortho nitro benzene ring substituents is 1. The Kier molecular flexibility index (Phi) is 6.98. The molecule has 31 heavy (non-hydrogen) atoms. The van der Waals surface area contributed by atoms with Crippen molar-refractivity contribution >= 4 is 23.7 Å². The molecule has 11 heteroatoms. The van der Waals surface area contributed by atoms with Crippen molar-refractivity contribution < 1.29 is 33.2 Å². The summed E-state index contributed by atoms with van der Waals surface area (Å²) in [5, 5.41) is 12.8. The van der Waals surface area contributed by atoms with Gasteiger partial charge in [0.15, 0.2) is 6.04 Å². The first-order valence-corrected chi connectivity index (χ1v) is 9.36. The van der Waals surface area contributed by atoms with Crippen molar-refractivity contribution in [2.75, 3.05) is 0 Å². The third kappa shape index (κ3) is 5.77. The van der Waals surface area contributed by atoms with Gasteiger partial charge in [-0.3, -0.25) is 19.8 Å². The number of likely N-dealkylation sites (tertiary alicyclic amines) is 1. The number of allylic oxidation sites excluding steroid dienone is 1. The summed E-state index contributed by atoms with van der Waals surface area (Å²) in [5.74, 6) is -1.76. The molecule has 0 radical (unpaired) electrons. The second-order valence-electron chi connectivity index (χ2n) is 8.05. The Morgan fingerprint density at radius 3 is 2.26 bits per heavy atom. The Morgan fingerprint density at radius 1 is 1.23 bits per heavy atom. The number of carbonyl (C=O) groups excluding carboxylic acids is 3. The number of nitrogens with zero attached hydrogens (tertiary/aromatic N) is 2. The number of alkyl carbamates (subject to hydrolysis) is 1. The first-order chi connectivity index (χ1) is 14.3. The lowest BCUT2D eigenvalue weighted by molar-refractivity contribution is -0.384. The van der Waals surface area contributed by atoms with E-state index in [4.69, 9.17) is 9.47 Å². The van der Waals surface area contributed by atoms with Crippen molar-refractivity contribution in [1.29, 1.82) is 0 Å². The van der Waals surface area contributed by atoms with Gasteiger partial charge >= 0.3 is 12.1 Å². The maximum absolute atomic E-state index is 14.7. The quantitative estimate of drug-likeness (QED) is 0.181. The molecule has 1 aromatic rings. The fourth-order valence-corrected chi connectivity index (χ4v) is 2.73. The fraction of sp³-hybridized carbons (Fsp3) is 0.450. The van der Waals surface area contributed by atoms with E-state index >= 15 is 0 Å². The van der Waals surface area contributed by atoms with Crippen LogP contribution in [-0.2, 0) is 25.7 Å². The first-order valence-electron chi connectivity index (χ1n) is 9.36. The zero-order valence-electron chi connectivity index (χ0n) is 17.8.